The number of amides is 2. The van der Waals surface area contributed by atoms with Gasteiger partial charge in [0.2, 0.25) is 0 Å². The third kappa shape index (κ3) is 4.80. The minimum atomic E-state index is -0.432. The molecule has 0 saturated heterocycles. The van der Waals surface area contributed by atoms with Crippen LogP contribution in [-0.2, 0) is 6.54 Å². The average molecular weight is 370 g/mol. The van der Waals surface area contributed by atoms with E-state index in [4.69, 9.17) is 5.26 Å². The fourth-order valence-corrected chi connectivity index (χ4v) is 2.63. The molecule has 2 aromatic carbocycles. The van der Waals surface area contributed by atoms with Crippen LogP contribution >= 0.6 is 0 Å². The summed E-state index contributed by atoms with van der Waals surface area (Å²) in [6.45, 7) is 2.39. The highest BCUT2D eigenvalue weighted by Gasteiger charge is 2.12. The molecule has 28 heavy (non-hydrogen) atoms. The minimum Gasteiger partial charge on any atom is -0.348 e. The van der Waals surface area contributed by atoms with E-state index in [9.17, 15) is 9.59 Å². The normalized spacial score (nSPS) is 10.0. The van der Waals surface area contributed by atoms with E-state index in [0.29, 0.717) is 23.4 Å². The Balaban J connectivity index is 1.66. The van der Waals surface area contributed by atoms with Crippen molar-refractivity contribution in [3.05, 3.63) is 94.8 Å². The Kier molecular flexibility index (Phi) is 5.78. The second-order valence-corrected chi connectivity index (χ2v) is 6.24. The lowest BCUT2D eigenvalue weighted by Crippen LogP contribution is -2.23. The first-order valence-corrected chi connectivity index (χ1v) is 8.66. The number of hydrogen-bond donors (Lipinski definition) is 2. The standard InChI is InChI=1S/C22H18N4O2/c1-15-3-2-4-17(11-15)14-25-21(27)18-9-10-24-20(12-18)22(28)26-19-7-5-16(13-23)6-8-19/h2-12H,14H2,1H3,(H,25,27)(H,26,28). The topological polar surface area (TPSA) is 94.9 Å². The second kappa shape index (κ2) is 8.60. The zero-order valence-electron chi connectivity index (χ0n) is 15.3. The number of nitriles is 1. The Morgan fingerprint density at radius 1 is 1.04 bits per heavy atom. The van der Waals surface area contributed by atoms with Crippen LogP contribution in [0.3, 0.4) is 0 Å². The number of carbonyl (C=O) groups excluding carboxylic acids is 2. The molecule has 2 N–H and O–H groups in total. The van der Waals surface area contributed by atoms with Gasteiger partial charge < -0.3 is 10.6 Å². The van der Waals surface area contributed by atoms with Gasteiger partial charge >= 0.3 is 0 Å². The Morgan fingerprint density at radius 2 is 1.82 bits per heavy atom. The molecule has 1 heterocycles. The maximum absolute atomic E-state index is 12.4. The molecule has 0 fully saturated rings. The van der Waals surface area contributed by atoms with Crippen molar-refractivity contribution >= 4 is 17.5 Å². The second-order valence-electron chi connectivity index (χ2n) is 6.24. The molecule has 2 amide bonds. The first kappa shape index (κ1) is 18.8. The van der Waals surface area contributed by atoms with Crippen molar-refractivity contribution in [2.75, 3.05) is 5.32 Å². The van der Waals surface area contributed by atoms with Gasteiger partial charge in [-0.2, -0.15) is 5.26 Å². The van der Waals surface area contributed by atoms with Crippen LogP contribution in [-0.4, -0.2) is 16.8 Å². The summed E-state index contributed by atoms with van der Waals surface area (Å²) >= 11 is 0. The van der Waals surface area contributed by atoms with Crippen molar-refractivity contribution in [1.29, 1.82) is 5.26 Å². The summed E-state index contributed by atoms with van der Waals surface area (Å²) < 4.78 is 0. The van der Waals surface area contributed by atoms with Gasteiger partial charge in [0.1, 0.15) is 5.69 Å². The highest BCUT2D eigenvalue weighted by Crippen LogP contribution is 2.11. The highest BCUT2D eigenvalue weighted by atomic mass is 16.2. The lowest BCUT2D eigenvalue weighted by atomic mass is 10.1. The van der Waals surface area contributed by atoms with Crippen molar-refractivity contribution < 1.29 is 9.59 Å². The average Bonchev–Trinajstić information content (AvgIpc) is 2.72. The SMILES string of the molecule is Cc1cccc(CNC(=O)c2ccnc(C(=O)Nc3ccc(C#N)cc3)c2)c1. The molecule has 3 aromatic rings. The number of pyridine rings is 1. The van der Waals surface area contributed by atoms with Crippen LogP contribution in [0.4, 0.5) is 5.69 Å². The molecular formula is C22H18N4O2. The number of aromatic nitrogens is 1. The summed E-state index contributed by atoms with van der Waals surface area (Å²) in [5.74, 6) is -0.714. The van der Waals surface area contributed by atoms with E-state index >= 15 is 0 Å². The molecule has 0 radical (unpaired) electrons. The number of nitrogens with one attached hydrogen (secondary N) is 2. The maximum Gasteiger partial charge on any atom is 0.274 e. The molecule has 0 aliphatic rings. The molecule has 0 bridgehead atoms. The van der Waals surface area contributed by atoms with Gasteiger partial charge in [0.25, 0.3) is 11.8 Å². The first-order valence-electron chi connectivity index (χ1n) is 8.66. The van der Waals surface area contributed by atoms with Crippen molar-refractivity contribution in [2.45, 2.75) is 13.5 Å². The fraction of sp³-hybridized carbons (Fsp3) is 0.0909. The van der Waals surface area contributed by atoms with Crippen molar-refractivity contribution in [3.63, 3.8) is 0 Å². The fourth-order valence-electron chi connectivity index (χ4n) is 2.63. The van der Waals surface area contributed by atoms with E-state index in [-0.39, 0.29) is 11.6 Å². The van der Waals surface area contributed by atoms with Gasteiger partial charge in [0.05, 0.1) is 11.6 Å². The largest absolute Gasteiger partial charge is 0.348 e. The molecule has 0 aliphatic carbocycles. The number of rotatable bonds is 5. The number of aryl methyl sites for hydroxylation is 1. The van der Waals surface area contributed by atoms with Crippen LogP contribution in [0.2, 0.25) is 0 Å². The Labute approximate surface area is 162 Å². The summed E-state index contributed by atoms with van der Waals surface area (Å²) in [6, 6.07) is 19.4. The van der Waals surface area contributed by atoms with Gasteiger partial charge in [0.15, 0.2) is 0 Å². The molecule has 0 spiro atoms. The maximum atomic E-state index is 12.4. The number of hydrogen-bond acceptors (Lipinski definition) is 4. The van der Waals surface area contributed by atoms with Gasteiger partial charge in [-0.25, -0.2) is 0 Å². The molecule has 1 aromatic heterocycles. The number of carbonyl (C=O) groups is 2. The van der Waals surface area contributed by atoms with E-state index in [1.165, 1.54) is 12.3 Å². The van der Waals surface area contributed by atoms with Gasteiger partial charge in [0, 0.05) is 24.0 Å². The lowest BCUT2D eigenvalue weighted by Gasteiger charge is -2.08. The zero-order chi connectivity index (χ0) is 19.9. The summed E-state index contributed by atoms with van der Waals surface area (Å²) in [5, 5.41) is 14.4. The van der Waals surface area contributed by atoms with Crippen molar-refractivity contribution in [1.82, 2.24) is 10.3 Å². The summed E-state index contributed by atoms with van der Waals surface area (Å²) in [5.41, 5.74) is 3.65. The van der Waals surface area contributed by atoms with Crippen LogP contribution in [0.25, 0.3) is 0 Å². The minimum absolute atomic E-state index is 0.132. The molecule has 6 nitrogen and oxygen atoms in total. The first-order chi connectivity index (χ1) is 13.5. The molecular weight excluding hydrogens is 352 g/mol. The summed E-state index contributed by atoms with van der Waals surface area (Å²) in [6.07, 6.45) is 1.43. The van der Waals surface area contributed by atoms with E-state index in [1.54, 1.807) is 30.3 Å². The predicted octanol–water partition coefficient (Wildman–Crippen LogP) is 3.44. The van der Waals surface area contributed by atoms with Crippen LogP contribution < -0.4 is 10.6 Å². The third-order valence-electron chi connectivity index (χ3n) is 4.06. The van der Waals surface area contributed by atoms with Crippen LogP contribution in [0, 0.1) is 18.3 Å². The van der Waals surface area contributed by atoms with E-state index in [2.05, 4.69) is 15.6 Å². The lowest BCUT2D eigenvalue weighted by molar-refractivity contribution is 0.0950. The quantitative estimate of drug-likeness (QED) is 0.719. The zero-order valence-corrected chi connectivity index (χ0v) is 15.3. The smallest absolute Gasteiger partial charge is 0.274 e. The van der Waals surface area contributed by atoms with Crippen molar-refractivity contribution in [3.8, 4) is 6.07 Å². The molecule has 138 valence electrons. The number of nitrogens with zero attached hydrogens (tertiary/aromatic N) is 2. The third-order valence-corrected chi connectivity index (χ3v) is 4.06. The van der Waals surface area contributed by atoms with Crippen molar-refractivity contribution in [2.24, 2.45) is 0 Å². The molecule has 3 rings (SSSR count). The number of benzene rings is 2. The molecule has 0 saturated carbocycles. The Morgan fingerprint density at radius 3 is 2.54 bits per heavy atom. The highest BCUT2D eigenvalue weighted by molar-refractivity contribution is 6.04. The molecule has 0 atom stereocenters. The predicted molar refractivity (Wildman–Crippen MR) is 106 cm³/mol. The summed E-state index contributed by atoms with van der Waals surface area (Å²) in [4.78, 5) is 28.8. The van der Waals surface area contributed by atoms with E-state index < -0.39 is 5.91 Å². The molecule has 6 heteroatoms. The Hall–Kier alpha value is -3.98. The molecule has 0 aliphatic heterocycles. The van der Waals surface area contributed by atoms with Crippen LogP contribution in [0.15, 0.2) is 66.9 Å². The van der Waals surface area contributed by atoms with Gasteiger partial charge in [-0.3, -0.25) is 14.6 Å². The molecule has 0 unspecified atom stereocenters. The van der Waals surface area contributed by atoms with Crippen LogP contribution in [0.5, 0.6) is 0 Å². The van der Waals surface area contributed by atoms with Gasteiger partial charge in [-0.1, -0.05) is 29.8 Å². The monoisotopic (exact) mass is 370 g/mol. The van der Waals surface area contributed by atoms with Gasteiger partial charge in [-0.05, 0) is 48.9 Å². The van der Waals surface area contributed by atoms with E-state index in [0.717, 1.165) is 11.1 Å². The van der Waals surface area contributed by atoms with Gasteiger partial charge in [-0.15, -0.1) is 0 Å². The van der Waals surface area contributed by atoms with E-state index in [1.807, 2.05) is 37.3 Å². The van der Waals surface area contributed by atoms with Crippen LogP contribution in [0.1, 0.15) is 37.5 Å². The summed E-state index contributed by atoms with van der Waals surface area (Å²) in [7, 11) is 0. The Bertz CT molecular complexity index is 1050. The number of anilines is 1.